The second kappa shape index (κ2) is 6.48. The van der Waals surface area contributed by atoms with Crippen molar-refractivity contribution in [2.45, 2.75) is 25.3 Å². The number of anilines is 2. The molecule has 0 fully saturated rings. The highest BCUT2D eigenvalue weighted by Gasteiger charge is 2.35. The minimum atomic E-state index is -0.373. The van der Waals surface area contributed by atoms with E-state index in [1.54, 1.807) is 11.6 Å². The van der Waals surface area contributed by atoms with Crippen molar-refractivity contribution in [3.8, 4) is 11.1 Å². The van der Waals surface area contributed by atoms with Gasteiger partial charge in [0.2, 0.25) is 0 Å². The maximum Gasteiger partial charge on any atom is 0.329 e. The van der Waals surface area contributed by atoms with Crippen molar-refractivity contribution in [1.82, 2.24) is 9.55 Å². The number of nitrogens with zero attached hydrogens (tertiary/aromatic N) is 3. The Morgan fingerprint density at radius 3 is 2.68 bits per heavy atom. The molecule has 2 aromatic carbocycles. The van der Waals surface area contributed by atoms with E-state index >= 15 is 0 Å². The Labute approximate surface area is 179 Å². The minimum absolute atomic E-state index is 0.118. The van der Waals surface area contributed by atoms with Gasteiger partial charge in [-0.05, 0) is 52.0 Å². The number of nitrogens with one attached hydrogen (secondary N) is 1. The summed E-state index contributed by atoms with van der Waals surface area (Å²) in [4.78, 5) is 31.5. The number of benzene rings is 2. The molecule has 6 rings (SSSR count). The lowest BCUT2D eigenvalue weighted by Crippen LogP contribution is -2.42. The average Bonchev–Trinajstić information content (AvgIpc) is 3.14. The number of aromatic nitrogens is 2. The van der Waals surface area contributed by atoms with Gasteiger partial charge >= 0.3 is 5.69 Å². The van der Waals surface area contributed by atoms with Crippen LogP contribution in [0.2, 0.25) is 0 Å². The van der Waals surface area contributed by atoms with Crippen LogP contribution in [-0.4, -0.2) is 23.3 Å². The second-order valence-electron chi connectivity index (χ2n) is 8.69. The molecule has 0 amide bonds. The summed E-state index contributed by atoms with van der Waals surface area (Å²) in [5.41, 5.74) is 5.12. The van der Waals surface area contributed by atoms with Gasteiger partial charge in [0.1, 0.15) is 11.5 Å². The topological polar surface area (TPSA) is 61.3 Å². The fourth-order valence-corrected chi connectivity index (χ4v) is 5.55. The third kappa shape index (κ3) is 2.51. The highest BCUT2D eigenvalue weighted by molar-refractivity contribution is 5.75. The van der Waals surface area contributed by atoms with Gasteiger partial charge in [0.05, 0.1) is 12.7 Å². The molecule has 6 heteroatoms. The predicted octanol–water partition coefficient (Wildman–Crippen LogP) is 1.61. The van der Waals surface area contributed by atoms with E-state index in [0.717, 1.165) is 19.3 Å². The molecule has 3 aromatic rings. The van der Waals surface area contributed by atoms with Crippen LogP contribution in [0.15, 0.2) is 46.0 Å². The lowest BCUT2D eigenvalue weighted by molar-refractivity contribution is 0.572. The van der Waals surface area contributed by atoms with Gasteiger partial charge in [0, 0.05) is 14.1 Å². The monoisotopic (exact) mass is 412 g/mol. The fraction of sp³-hybridized carbons (Fsp3) is 0.280. The van der Waals surface area contributed by atoms with Gasteiger partial charge in [0.15, 0.2) is 0 Å². The minimum Gasteiger partial charge on any atom is -0.349 e. The molecular formula is C25H24N4O2. The third-order valence-electron chi connectivity index (χ3n) is 6.97. The summed E-state index contributed by atoms with van der Waals surface area (Å²) in [6.45, 7) is 0.587. The first-order valence-electron chi connectivity index (χ1n) is 10.8. The molecule has 0 bridgehead atoms. The molecule has 1 N–H and O–H groups in total. The molecular weight excluding hydrogens is 388 g/mol. The highest BCUT2D eigenvalue weighted by Crippen LogP contribution is 2.39. The van der Waals surface area contributed by atoms with Crippen molar-refractivity contribution in [2.24, 2.45) is 7.05 Å². The van der Waals surface area contributed by atoms with Crippen LogP contribution < -0.4 is 31.5 Å². The molecule has 3 aliphatic rings. The highest BCUT2D eigenvalue weighted by atomic mass is 16.2. The van der Waals surface area contributed by atoms with Crippen LogP contribution >= 0.6 is 0 Å². The Bertz CT molecular complexity index is 1480. The summed E-state index contributed by atoms with van der Waals surface area (Å²) >= 11 is 0. The van der Waals surface area contributed by atoms with Crippen LogP contribution in [-0.2, 0) is 13.5 Å². The van der Waals surface area contributed by atoms with Crippen molar-refractivity contribution >= 4 is 23.7 Å². The summed E-state index contributed by atoms with van der Waals surface area (Å²) in [7, 11) is 3.64. The van der Waals surface area contributed by atoms with Crippen LogP contribution in [0.4, 0.5) is 11.5 Å². The molecule has 2 aliphatic carbocycles. The zero-order valence-corrected chi connectivity index (χ0v) is 17.7. The van der Waals surface area contributed by atoms with Gasteiger partial charge in [-0.2, -0.15) is 0 Å². The normalized spacial score (nSPS) is 18.5. The van der Waals surface area contributed by atoms with Crippen molar-refractivity contribution in [2.75, 3.05) is 23.5 Å². The van der Waals surface area contributed by atoms with Gasteiger partial charge < -0.3 is 9.80 Å². The lowest BCUT2D eigenvalue weighted by Gasteiger charge is -2.33. The molecule has 1 atom stereocenters. The van der Waals surface area contributed by atoms with Gasteiger partial charge in [-0.15, -0.1) is 0 Å². The van der Waals surface area contributed by atoms with E-state index in [0.29, 0.717) is 18.2 Å². The SMILES string of the molecule is CN1CN(C2CCC=c3c2ccc2c3=CCc3ccccc3-2)c2c1c(=O)[nH]c(=O)n2C. The Morgan fingerprint density at radius 2 is 1.81 bits per heavy atom. The quantitative estimate of drug-likeness (QED) is 0.660. The number of H-pyrrole nitrogens is 1. The molecule has 1 aromatic heterocycles. The first-order valence-corrected chi connectivity index (χ1v) is 10.8. The van der Waals surface area contributed by atoms with E-state index in [-0.39, 0.29) is 17.3 Å². The number of hydrogen-bond acceptors (Lipinski definition) is 4. The number of rotatable bonds is 1. The standard InChI is InChI=1S/C25H24N4O2/c1-27-14-29(24-22(27)23(30)26-25(31)28(24)2)21-9-5-8-17-19-11-10-15-6-3-4-7-16(15)18(19)12-13-20(17)21/h3-4,6-8,11-13,21H,5,9-10,14H2,1-2H3,(H,26,30,31). The van der Waals surface area contributed by atoms with Crippen LogP contribution in [0.1, 0.15) is 30.0 Å². The first-order chi connectivity index (χ1) is 15.0. The summed E-state index contributed by atoms with van der Waals surface area (Å²) in [5.74, 6) is 0.709. The van der Waals surface area contributed by atoms with E-state index in [1.807, 2.05) is 11.9 Å². The zero-order chi connectivity index (χ0) is 21.3. The van der Waals surface area contributed by atoms with Gasteiger partial charge in [-0.3, -0.25) is 14.3 Å². The van der Waals surface area contributed by atoms with Gasteiger partial charge in [0.25, 0.3) is 5.56 Å². The van der Waals surface area contributed by atoms with Crippen molar-refractivity contribution < 1.29 is 0 Å². The van der Waals surface area contributed by atoms with Crippen molar-refractivity contribution in [3.05, 3.63) is 78.8 Å². The smallest absolute Gasteiger partial charge is 0.329 e. The number of hydrogen-bond donors (Lipinski definition) is 1. The summed E-state index contributed by atoms with van der Waals surface area (Å²) in [6, 6.07) is 13.2. The molecule has 31 heavy (non-hydrogen) atoms. The number of aromatic amines is 1. The lowest BCUT2D eigenvalue weighted by atomic mass is 9.85. The maximum atomic E-state index is 12.5. The van der Waals surface area contributed by atoms with Gasteiger partial charge in [-0.25, -0.2) is 4.79 Å². The van der Waals surface area contributed by atoms with Crippen molar-refractivity contribution in [3.63, 3.8) is 0 Å². The summed E-state index contributed by atoms with van der Waals surface area (Å²) in [5, 5.41) is 2.61. The van der Waals surface area contributed by atoms with Crippen LogP contribution in [0.3, 0.4) is 0 Å². The predicted molar refractivity (Wildman–Crippen MR) is 124 cm³/mol. The molecule has 0 spiro atoms. The Morgan fingerprint density at radius 1 is 0.968 bits per heavy atom. The Kier molecular flexibility index (Phi) is 3.81. The zero-order valence-electron chi connectivity index (χ0n) is 17.7. The Balaban J connectivity index is 1.54. The van der Waals surface area contributed by atoms with Crippen LogP contribution in [0.5, 0.6) is 0 Å². The van der Waals surface area contributed by atoms with E-state index in [2.05, 4.69) is 58.4 Å². The average molecular weight is 412 g/mol. The van der Waals surface area contributed by atoms with E-state index in [9.17, 15) is 9.59 Å². The molecule has 1 unspecified atom stereocenters. The molecule has 1 aliphatic heterocycles. The summed E-state index contributed by atoms with van der Waals surface area (Å²) in [6.07, 6.45) is 7.57. The molecule has 2 heterocycles. The van der Waals surface area contributed by atoms with Crippen LogP contribution in [0, 0.1) is 0 Å². The fourth-order valence-electron chi connectivity index (χ4n) is 5.55. The first kappa shape index (κ1) is 18.2. The van der Waals surface area contributed by atoms with E-state index < -0.39 is 0 Å². The molecule has 0 saturated carbocycles. The van der Waals surface area contributed by atoms with Crippen LogP contribution in [0.25, 0.3) is 23.3 Å². The second-order valence-corrected chi connectivity index (χ2v) is 8.69. The molecule has 156 valence electrons. The van der Waals surface area contributed by atoms with Crippen molar-refractivity contribution in [1.29, 1.82) is 0 Å². The summed E-state index contributed by atoms with van der Waals surface area (Å²) < 4.78 is 1.57. The molecule has 0 saturated heterocycles. The largest absolute Gasteiger partial charge is 0.349 e. The maximum absolute atomic E-state index is 12.5. The Hall–Kier alpha value is -3.54. The molecule has 0 radical (unpaired) electrons. The third-order valence-corrected chi connectivity index (χ3v) is 6.97. The van der Waals surface area contributed by atoms with E-state index in [1.165, 1.54) is 32.7 Å². The van der Waals surface area contributed by atoms with E-state index in [4.69, 9.17) is 0 Å². The van der Waals surface area contributed by atoms with Gasteiger partial charge in [-0.1, -0.05) is 48.6 Å². The number of fused-ring (bicyclic) bond motifs is 6. The molecule has 6 nitrogen and oxygen atoms in total.